The molecule has 0 saturated carbocycles. The summed E-state index contributed by atoms with van der Waals surface area (Å²) in [6, 6.07) is 15.1. The van der Waals surface area contributed by atoms with Gasteiger partial charge in [-0.15, -0.1) is 0 Å². The molecule has 2 aromatic carbocycles. The topological polar surface area (TPSA) is 103 Å². The van der Waals surface area contributed by atoms with Gasteiger partial charge in [0.25, 0.3) is 5.56 Å². The van der Waals surface area contributed by atoms with Gasteiger partial charge in [-0.25, -0.2) is 10.4 Å². The van der Waals surface area contributed by atoms with Crippen LogP contribution in [0.4, 0.5) is 5.95 Å². The average molecular weight is 405 g/mol. The Morgan fingerprint density at radius 1 is 1.30 bits per heavy atom. The number of nitrogens with zero attached hydrogens (tertiary/aromatic N) is 3. The van der Waals surface area contributed by atoms with E-state index in [1.54, 1.807) is 18.3 Å². The van der Waals surface area contributed by atoms with Gasteiger partial charge < -0.3 is 9.84 Å². The van der Waals surface area contributed by atoms with Gasteiger partial charge in [0.1, 0.15) is 0 Å². The van der Waals surface area contributed by atoms with Crippen LogP contribution in [0, 0.1) is 0 Å². The van der Waals surface area contributed by atoms with Crippen molar-refractivity contribution in [3.05, 3.63) is 81.3 Å². The Labute approximate surface area is 173 Å². The number of aromatic nitrogens is 2. The highest BCUT2D eigenvalue weighted by molar-refractivity contribution is 5.81. The fourth-order valence-corrected chi connectivity index (χ4v) is 3.45. The highest BCUT2D eigenvalue weighted by atomic mass is 16.5. The summed E-state index contributed by atoms with van der Waals surface area (Å²) < 4.78 is 5.08. The van der Waals surface area contributed by atoms with Crippen LogP contribution in [0.15, 0.2) is 58.4 Å². The van der Waals surface area contributed by atoms with Crippen molar-refractivity contribution in [2.75, 3.05) is 19.1 Å². The first kappa shape index (κ1) is 19.7. The Bertz CT molecular complexity index is 1110. The number of nitrogens with one attached hydrogen (secondary N) is 2. The predicted molar refractivity (Wildman–Crippen MR) is 115 cm³/mol. The molecule has 0 saturated heterocycles. The van der Waals surface area contributed by atoms with E-state index in [0.717, 1.165) is 24.3 Å². The Kier molecular flexibility index (Phi) is 5.76. The normalized spacial score (nSPS) is 13.9. The third-order valence-corrected chi connectivity index (χ3v) is 4.98. The minimum atomic E-state index is -0.151. The molecule has 8 nitrogen and oxygen atoms in total. The van der Waals surface area contributed by atoms with Crippen molar-refractivity contribution in [3.63, 3.8) is 0 Å². The first-order valence-corrected chi connectivity index (χ1v) is 9.67. The van der Waals surface area contributed by atoms with E-state index in [4.69, 9.17) is 4.74 Å². The van der Waals surface area contributed by atoms with E-state index in [-0.39, 0.29) is 11.3 Å². The molecule has 0 spiro atoms. The van der Waals surface area contributed by atoms with Crippen molar-refractivity contribution in [3.8, 4) is 11.5 Å². The van der Waals surface area contributed by atoms with Gasteiger partial charge in [0.2, 0.25) is 5.95 Å². The lowest BCUT2D eigenvalue weighted by Crippen LogP contribution is -2.35. The second-order valence-corrected chi connectivity index (χ2v) is 7.09. The monoisotopic (exact) mass is 405 g/mol. The van der Waals surface area contributed by atoms with Crippen LogP contribution in [0.2, 0.25) is 0 Å². The highest BCUT2D eigenvalue weighted by Gasteiger charge is 2.21. The number of benzene rings is 2. The molecule has 154 valence electrons. The Morgan fingerprint density at radius 3 is 2.93 bits per heavy atom. The zero-order valence-corrected chi connectivity index (χ0v) is 16.6. The molecule has 0 aliphatic carbocycles. The zero-order valence-electron chi connectivity index (χ0n) is 16.6. The quantitative estimate of drug-likeness (QED) is 0.430. The largest absolute Gasteiger partial charge is 0.504 e. The Hall–Kier alpha value is -3.65. The van der Waals surface area contributed by atoms with Crippen LogP contribution in [-0.4, -0.2) is 39.8 Å². The number of fused-ring (bicyclic) bond motifs is 1. The smallest absolute Gasteiger partial charge is 0.257 e. The fourth-order valence-electron chi connectivity index (χ4n) is 3.45. The standard InChI is InChI=1S/C22H23N5O3/c1-30-20-11-16(7-8-19(20)28)12-23-26-22-24-18-9-10-27(14-17(18)21(29)25-22)13-15-5-3-2-4-6-15/h2-8,11-12,28H,9-10,13-14H2,1H3,(H2,24,25,26,29)/b23-12-. The van der Waals surface area contributed by atoms with Crippen LogP contribution in [-0.2, 0) is 19.5 Å². The molecule has 1 aromatic heterocycles. The molecule has 3 N–H and O–H groups in total. The number of hydrogen-bond acceptors (Lipinski definition) is 7. The SMILES string of the molecule is COc1cc(/C=N\Nc2nc3c(c(=O)[nH]2)CN(Cc2ccccc2)CC3)ccc1O. The van der Waals surface area contributed by atoms with Gasteiger partial charge in [-0.3, -0.25) is 14.7 Å². The molecule has 3 aromatic rings. The molecule has 0 amide bonds. The molecule has 0 radical (unpaired) electrons. The van der Waals surface area contributed by atoms with Gasteiger partial charge in [0.05, 0.1) is 24.6 Å². The third kappa shape index (κ3) is 4.49. The van der Waals surface area contributed by atoms with Crippen molar-refractivity contribution < 1.29 is 9.84 Å². The molecule has 30 heavy (non-hydrogen) atoms. The number of phenols is 1. The summed E-state index contributed by atoms with van der Waals surface area (Å²) in [5.41, 5.74) is 6.08. The van der Waals surface area contributed by atoms with E-state index < -0.39 is 0 Å². The number of aromatic amines is 1. The number of phenolic OH excluding ortho intramolecular Hbond substituents is 1. The van der Waals surface area contributed by atoms with Crippen LogP contribution in [0.25, 0.3) is 0 Å². The number of anilines is 1. The van der Waals surface area contributed by atoms with E-state index >= 15 is 0 Å². The molecule has 1 aliphatic heterocycles. The van der Waals surface area contributed by atoms with Gasteiger partial charge in [-0.1, -0.05) is 30.3 Å². The molecule has 4 rings (SSSR count). The summed E-state index contributed by atoms with van der Waals surface area (Å²) in [4.78, 5) is 22.1. The van der Waals surface area contributed by atoms with Crippen LogP contribution in [0.3, 0.4) is 0 Å². The van der Waals surface area contributed by atoms with Crippen LogP contribution in [0.5, 0.6) is 11.5 Å². The maximum Gasteiger partial charge on any atom is 0.257 e. The lowest BCUT2D eigenvalue weighted by atomic mass is 10.1. The van der Waals surface area contributed by atoms with Crippen molar-refractivity contribution in [1.29, 1.82) is 0 Å². The summed E-state index contributed by atoms with van der Waals surface area (Å²) in [6.45, 7) is 2.22. The molecule has 0 atom stereocenters. The third-order valence-electron chi connectivity index (χ3n) is 4.98. The van der Waals surface area contributed by atoms with E-state index in [1.165, 1.54) is 18.7 Å². The predicted octanol–water partition coefficient (Wildman–Crippen LogP) is 2.49. The van der Waals surface area contributed by atoms with E-state index in [0.29, 0.717) is 30.2 Å². The summed E-state index contributed by atoms with van der Waals surface area (Å²) in [6.07, 6.45) is 2.27. The molecule has 0 unspecified atom stereocenters. The zero-order chi connectivity index (χ0) is 20.9. The molecule has 2 heterocycles. The number of hydrazone groups is 1. The van der Waals surface area contributed by atoms with Crippen LogP contribution < -0.4 is 15.7 Å². The van der Waals surface area contributed by atoms with Crippen LogP contribution in [0.1, 0.15) is 22.4 Å². The summed E-state index contributed by atoms with van der Waals surface area (Å²) in [5, 5.41) is 13.8. The van der Waals surface area contributed by atoms with E-state index in [9.17, 15) is 9.90 Å². The number of methoxy groups -OCH3 is 1. The number of H-pyrrole nitrogens is 1. The maximum atomic E-state index is 12.6. The molecular weight excluding hydrogens is 382 g/mol. The van der Waals surface area contributed by atoms with E-state index in [1.807, 2.05) is 18.2 Å². The molecule has 1 aliphatic rings. The lowest BCUT2D eigenvalue weighted by Gasteiger charge is -2.27. The second kappa shape index (κ2) is 8.79. The van der Waals surface area contributed by atoms with Crippen LogP contribution >= 0.6 is 0 Å². The Balaban J connectivity index is 1.44. The maximum absolute atomic E-state index is 12.6. The first-order valence-electron chi connectivity index (χ1n) is 9.67. The van der Waals surface area contributed by atoms with Gasteiger partial charge in [0, 0.05) is 26.1 Å². The second-order valence-electron chi connectivity index (χ2n) is 7.09. The van der Waals surface area contributed by atoms with Gasteiger partial charge >= 0.3 is 0 Å². The molecule has 0 bridgehead atoms. The Morgan fingerprint density at radius 2 is 2.13 bits per heavy atom. The minimum Gasteiger partial charge on any atom is -0.504 e. The highest BCUT2D eigenvalue weighted by Crippen LogP contribution is 2.25. The molecule has 0 fully saturated rings. The number of hydrogen-bond donors (Lipinski definition) is 3. The first-order chi connectivity index (χ1) is 14.6. The molecular formula is C22H23N5O3. The van der Waals surface area contributed by atoms with Crippen molar-refractivity contribution in [2.24, 2.45) is 5.10 Å². The number of ether oxygens (including phenoxy) is 1. The average Bonchev–Trinajstić information content (AvgIpc) is 2.76. The van der Waals surface area contributed by atoms with Gasteiger partial charge in [-0.2, -0.15) is 5.10 Å². The summed E-state index contributed by atoms with van der Waals surface area (Å²) in [7, 11) is 1.48. The van der Waals surface area contributed by atoms with E-state index in [2.05, 4.69) is 37.5 Å². The van der Waals surface area contributed by atoms with Gasteiger partial charge in [0.15, 0.2) is 11.5 Å². The van der Waals surface area contributed by atoms with Crippen molar-refractivity contribution in [1.82, 2.24) is 14.9 Å². The van der Waals surface area contributed by atoms with Gasteiger partial charge in [-0.05, 0) is 29.3 Å². The number of rotatable bonds is 6. The molecule has 8 heteroatoms. The summed E-state index contributed by atoms with van der Waals surface area (Å²) in [5.74, 6) is 0.723. The van der Waals surface area contributed by atoms with Crippen molar-refractivity contribution >= 4 is 12.2 Å². The minimum absolute atomic E-state index is 0.0598. The summed E-state index contributed by atoms with van der Waals surface area (Å²) >= 11 is 0. The fraction of sp³-hybridized carbons (Fsp3) is 0.227. The lowest BCUT2D eigenvalue weighted by molar-refractivity contribution is 0.242. The number of aromatic hydroxyl groups is 1. The van der Waals surface area contributed by atoms with Crippen molar-refractivity contribution in [2.45, 2.75) is 19.5 Å².